The van der Waals surface area contributed by atoms with Crippen molar-refractivity contribution < 1.29 is 8.42 Å². The van der Waals surface area contributed by atoms with Gasteiger partial charge in [0.25, 0.3) is 10.0 Å². The second-order valence-corrected chi connectivity index (χ2v) is 6.16. The molecule has 1 aromatic carbocycles. The van der Waals surface area contributed by atoms with Gasteiger partial charge in [0.05, 0.1) is 4.90 Å². The molecule has 0 amide bonds. The van der Waals surface area contributed by atoms with Crippen molar-refractivity contribution in [3.8, 4) is 0 Å². The second kappa shape index (κ2) is 5.74. The van der Waals surface area contributed by atoms with E-state index in [0.29, 0.717) is 16.1 Å². The summed E-state index contributed by atoms with van der Waals surface area (Å²) in [6.07, 6.45) is 2.89. The van der Waals surface area contributed by atoms with Gasteiger partial charge in [0.15, 0.2) is 0 Å². The van der Waals surface area contributed by atoms with Gasteiger partial charge in [-0.25, -0.2) is 23.1 Å². The third-order valence-electron chi connectivity index (χ3n) is 2.73. The van der Waals surface area contributed by atoms with Crippen molar-refractivity contribution in [1.29, 1.82) is 0 Å². The van der Waals surface area contributed by atoms with Gasteiger partial charge in [-0.05, 0) is 36.2 Å². The molecule has 0 radical (unpaired) electrons. The van der Waals surface area contributed by atoms with Crippen LogP contribution in [0.1, 0.15) is 11.1 Å². The lowest BCUT2D eigenvalue weighted by Gasteiger charge is -2.12. The molecule has 0 saturated carbocycles. The molecule has 0 fully saturated rings. The Kier molecular flexibility index (Phi) is 4.22. The summed E-state index contributed by atoms with van der Waals surface area (Å²) in [6, 6.07) is 4.62. The van der Waals surface area contributed by atoms with Crippen LogP contribution in [0.3, 0.4) is 0 Å². The number of nitrogens with zero attached hydrogens (tertiary/aromatic N) is 2. The summed E-state index contributed by atoms with van der Waals surface area (Å²) in [5.74, 6) is 0.00109. The summed E-state index contributed by atoms with van der Waals surface area (Å²) in [5, 5.41) is 0.311. The monoisotopic (exact) mass is 312 g/mol. The zero-order chi connectivity index (χ0) is 14.8. The van der Waals surface area contributed by atoms with Gasteiger partial charge < -0.3 is 5.73 Å². The van der Waals surface area contributed by atoms with Crippen LogP contribution in [0.4, 0.5) is 5.95 Å². The molecule has 0 spiro atoms. The van der Waals surface area contributed by atoms with E-state index in [-0.39, 0.29) is 17.4 Å². The van der Waals surface area contributed by atoms with Crippen LogP contribution < -0.4 is 10.5 Å². The van der Waals surface area contributed by atoms with Crippen molar-refractivity contribution in [1.82, 2.24) is 9.97 Å². The number of nitrogens with one attached hydrogen (secondary N) is 1. The van der Waals surface area contributed by atoms with Crippen molar-refractivity contribution in [2.24, 2.45) is 5.73 Å². The molecule has 0 bridgehead atoms. The highest BCUT2D eigenvalue weighted by Gasteiger charge is 2.20. The largest absolute Gasteiger partial charge is 0.326 e. The van der Waals surface area contributed by atoms with Crippen molar-refractivity contribution >= 4 is 27.6 Å². The average molecular weight is 313 g/mol. The quantitative estimate of drug-likeness (QED) is 0.895. The molecular formula is C12H13ClN4O2S. The Bertz CT molecular complexity index is 720. The zero-order valence-corrected chi connectivity index (χ0v) is 12.2. The summed E-state index contributed by atoms with van der Waals surface area (Å²) >= 11 is 5.93. The van der Waals surface area contributed by atoms with E-state index in [9.17, 15) is 8.42 Å². The fourth-order valence-electron chi connectivity index (χ4n) is 1.73. The normalized spacial score (nSPS) is 11.3. The Morgan fingerprint density at radius 2 is 1.95 bits per heavy atom. The number of rotatable bonds is 4. The number of hydrogen-bond donors (Lipinski definition) is 2. The number of sulfonamides is 1. The fourth-order valence-corrected chi connectivity index (χ4v) is 3.30. The number of anilines is 1. The van der Waals surface area contributed by atoms with Gasteiger partial charge in [0, 0.05) is 24.0 Å². The molecule has 3 N–H and O–H groups in total. The summed E-state index contributed by atoms with van der Waals surface area (Å²) in [6.45, 7) is 1.88. The molecule has 2 rings (SSSR count). The van der Waals surface area contributed by atoms with Gasteiger partial charge in [-0.2, -0.15) is 0 Å². The highest BCUT2D eigenvalue weighted by Crippen LogP contribution is 2.25. The Labute approximate surface area is 122 Å². The third-order valence-corrected chi connectivity index (χ3v) is 4.41. The van der Waals surface area contributed by atoms with E-state index in [4.69, 9.17) is 17.3 Å². The number of nitrogens with two attached hydrogens (primary N) is 1. The highest BCUT2D eigenvalue weighted by atomic mass is 35.5. The van der Waals surface area contributed by atoms with E-state index < -0.39 is 10.0 Å². The van der Waals surface area contributed by atoms with Crippen molar-refractivity contribution in [3.63, 3.8) is 0 Å². The van der Waals surface area contributed by atoms with E-state index >= 15 is 0 Å². The van der Waals surface area contributed by atoms with Crippen molar-refractivity contribution in [2.75, 3.05) is 4.72 Å². The smallest absolute Gasteiger partial charge is 0.264 e. The predicted octanol–water partition coefficient (Wildman–Crippen LogP) is 1.70. The summed E-state index contributed by atoms with van der Waals surface area (Å²) in [4.78, 5) is 7.72. The van der Waals surface area contributed by atoms with Gasteiger partial charge in [-0.3, -0.25) is 0 Å². The van der Waals surface area contributed by atoms with E-state index in [0.717, 1.165) is 0 Å². The maximum absolute atomic E-state index is 12.4. The van der Waals surface area contributed by atoms with E-state index in [1.807, 2.05) is 0 Å². The maximum Gasteiger partial charge on any atom is 0.264 e. The lowest BCUT2D eigenvalue weighted by atomic mass is 10.1. The molecular weight excluding hydrogens is 300 g/mol. The lowest BCUT2D eigenvalue weighted by molar-refractivity contribution is 0.600. The van der Waals surface area contributed by atoms with E-state index in [2.05, 4.69) is 14.7 Å². The first kappa shape index (κ1) is 14.7. The molecule has 0 aliphatic heterocycles. The Hall–Kier alpha value is -1.70. The molecule has 1 heterocycles. The number of aromatic nitrogens is 2. The Morgan fingerprint density at radius 3 is 2.55 bits per heavy atom. The van der Waals surface area contributed by atoms with Crippen molar-refractivity contribution in [2.45, 2.75) is 18.4 Å². The lowest BCUT2D eigenvalue weighted by Crippen LogP contribution is -2.17. The molecule has 0 atom stereocenters. The molecule has 20 heavy (non-hydrogen) atoms. The van der Waals surface area contributed by atoms with Crippen LogP contribution in [0.5, 0.6) is 0 Å². The van der Waals surface area contributed by atoms with Crippen LogP contribution in [0, 0.1) is 6.92 Å². The number of benzene rings is 1. The maximum atomic E-state index is 12.4. The van der Waals surface area contributed by atoms with Crippen LogP contribution in [-0.4, -0.2) is 18.4 Å². The van der Waals surface area contributed by atoms with Gasteiger partial charge in [-0.15, -0.1) is 0 Å². The number of halogens is 1. The molecule has 0 aliphatic rings. The molecule has 8 heteroatoms. The Morgan fingerprint density at radius 1 is 1.30 bits per heavy atom. The average Bonchev–Trinajstić information content (AvgIpc) is 2.41. The molecule has 6 nitrogen and oxygen atoms in total. The molecule has 0 saturated heterocycles. The summed E-state index contributed by atoms with van der Waals surface area (Å²) in [7, 11) is -3.81. The van der Waals surface area contributed by atoms with Crippen LogP contribution >= 0.6 is 11.6 Å². The molecule has 2 aromatic rings. The number of hydrogen-bond acceptors (Lipinski definition) is 5. The van der Waals surface area contributed by atoms with Gasteiger partial charge in [0.1, 0.15) is 0 Å². The summed E-state index contributed by atoms with van der Waals surface area (Å²) < 4.78 is 27.0. The summed E-state index contributed by atoms with van der Waals surface area (Å²) in [5.41, 5.74) is 6.81. The van der Waals surface area contributed by atoms with E-state index in [1.165, 1.54) is 18.5 Å². The minimum atomic E-state index is -3.81. The highest BCUT2D eigenvalue weighted by molar-refractivity contribution is 7.92. The molecule has 0 unspecified atom stereocenters. The third kappa shape index (κ3) is 3.06. The minimum Gasteiger partial charge on any atom is -0.326 e. The Balaban J connectivity index is 2.47. The predicted molar refractivity (Wildman–Crippen MR) is 76.9 cm³/mol. The molecule has 0 aliphatic carbocycles. The standard InChI is InChI=1S/C12H13ClN4O2S/c1-8-9(7-14)5-10(13)6-11(8)20(18,19)17-12-15-3-2-4-16-12/h2-6H,7,14H2,1H3,(H,15,16,17). The van der Waals surface area contributed by atoms with Crippen LogP contribution in [0.2, 0.25) is 5.02 Å². The topological polar surface area (TPSA) is 98.0 Å². The van der Waals surface area contributed by atoms with Gasteiger partial charge in [0.2, 0.25) is 5.95 Å². The fraction of sp³-hybridized carbons (Fsp3) is 0.167. The second-order valence-electron chi connectivity index (χ2n) is 4.07. The van der Waals surface area contributed by atoms with E-state index in [1.54, 1.807) is 19.1 Å². The van der Waals surface area contributed by atoms with Crippen molar-refractivity contribution in [3.05, 3.63) is 46.7 Å². The SMILES string of the molecule is Cc1c(CN)cc(Cl)cc1S(=O)(=O)Nc1ncccn1. The molecule has 1 aromatic heterocycles. The minimum absolute atomic E-state index is 0.00109. The zero-order valence-electron chi connectivity index (χ0n) is 10.7. The van der Waals surface area contributed by atoms with Gasteiger partial charge in [-0.1, -0.05) is 11.6 Å². The molecule has 106 valence electrons. The van der Waals surface area contributed by atoms with Gasteiger partial charge >= 0.3 is 0 Å². The first-order valence-corrected chi connectivity index (χ1v) is 7.59. The van der Waals surface area contributed by atoms with Crippen LogP contribution in [0.25, 0.3) is 0 Å². The first-order chi connectivity index (χ1) is 9.44. The first-order valence-electron chi connectivity index (χ1n) is 5.73. The van der Waals surface area contributed by atoms with Crippen LogP contribution in [-0.2, 0) is 16.6 Å². The van der Waals surface area contributed by atoms with Crippen LogP contribution in [0.15, 0.2) is 35.5 Å².